The zero-order valence-electron chi connectivity index (χ0n) is 16.9. The van der Waals surface area contributed by atoms with Gasteiger partial charge in [-0.25, -0.2) is 13.4 Å². The largest absolute Gasteiger partial charge is 0.401 e. The summed E-state index contributed by atoms with van der Waals surface area (Å²) in [6.07, 6.45) is 1.57. The highest BCUT2D eigenvalue weighted by Gasteiger charge is 2.20. The maximum atomic E-state index is 12.3. The van der Waals surface area contributed by atoms with Gasteiger partial charge in [-0.05, 0) is 39.8 Å². The zero-order valence-corrected chi connectivity index (χ0v) is 17.8. The number of nitrogens with one attached hydrogen (secondary N) is 1. The van der Waals surface area contributed by atoms with Gasteiger partial charge in [0, 0.05) is 9.84 Å². The van der Waals surface area contributed by atoms with Gasteiger partial charge in [-0.2, -0.15) is 0 Å². The SMILES string of the molecule is Cc1ncc(-c2ccc(S(=O)(=O)C(C)C)cc2)nc1-c1nnc(NC(=O)C(C)N)o1.[HH].[HH].[HH]. The first-order chi connectivity index (χ1) is 14.1. The third kappa shape index (κ3) is 4.36. The molecular weight excluding hydrogens is 408 g/mol. The summed E-state index contributed by atoms with van der Waals surface area (Å²) in [6.45, 7) is 6.53. The molecule has 30 heavy (non-hydrogen) atoms. The van der Waals surface area contributed by atoms with Crippen LogP contribution in [-0.4, -0.2) is 45.8 Å². The van der Waals surface area contributed by atoms with Crippen molar-refractivity contribution in [3.05, 3.63) is 36.2 Å². The predicted molar refractivity (Wildman–Crippen MR) is 116 cm³/mol. The lowest BCUT2D eigenvalue weighted by molar-refractivity contribution is -0.117. The fourth-order valence-corrected chi connectivity index (χ4v) is 3.53. The highest BCUT2D eigenvalue weighted by Crippen LogP contribution is 2.26. The van der Waals surface area contributed by atoms with Crippen LogP contribution in [0.15, 0.2) is 39.8 Å². The summed E-state index contributed by atoms with van der Waals surface area (Å²) in [6, 6.07) is 5.59. The van der Waals surface area contributed by atoms with Gasteiger partial charge in [0.2, 0.25) is 5.91 Å². The van der Waals surface area contributed by atoms with Gasteiger partial charge in [0.25, 0.3) is 5.89 Å². The molecule has 1 unspecified atom stereocenters. The van der Waals surface area contributed by atoms with E-state index in [4.69, 9.17) is 10.2 Å². The molecule has 0 fully saturated rings. The normalized spacial score (nSPS) is 12.7. The van der Waals surface area contributed by atoms with Crippen LogP contribution in [0.5, 0.6) is 0 Å². The van der Waals surface area contributed by atoms with E-state index in [0.717, 1.165) is 0 Å². The number of sulfone groups is 1. The molecule has 0 spiro atoms. The van der Waals surface area contributed by atoms with Crippen molar-refractivity contribution in [2.75, 3.05) is 5.32 Å². The number of anilines is 1. The molecule has 0 saturated heterocycles. The molecule has 2 aromatic heterocycles. The Balaban J connectivity index is 0.00000341. The quantitative estimate of drug-likeness (QED) is 0.593. The second-order valence-electron chi connectivity index (χ2n) is 7.00. The molecule has 1 amide bonds. The Morgan fingerprint density at radius 1 is 1.17 bits per heavy atom. The minimum absolute atomic E-state index is 0. The third-order valence-corrected chi connectivity index (χ3v) is 6.50. The Morgan fingerprint density at radius 3 is 2.43 bits per heavy atom. The lowest BCUT2D eigenvalue weighted by Crippen LogP contribution is -2.32. The summed E-state index contributed by atoms with van der Waals surface area (Å²) in [5, 5.41) is 9.59. The number of carbonyl (C=O) groups excluding carboxylic acids is 1. The summed E-state index contributed by atoms with van der Waals surface area (Å²) >= 11 is 0. The molecule has 0 aliphatic carbocycles. The highest BCUT2D eigenvalue weighted by atomic mass is 32.2. The molecule has 1 aromatic carbocycles. The topological polar surface area (TPSA) is 154 Å². The molecule has 0 saturated carbocycles. The van der Waals surface area contributed by atoms with Crippen LogP contribution in [0.3, 0.4) is 0 Å². The molecule has 2 heterocycles. The predicted octanol–water partition coefficient (Wildman–Crippen LogP) is 2.71. The minimum Gasteiger partial charge on any atom is -0.401 e. The Morgan fingerprint density at radius 2 is 1.83 bits per heavy atom. The molecule has 0 bridgehead atoms. The molecule has 3 N–H and O–H groups in total. The second-order valence-corrected chi connectivity index (χ2v) is 9.50. The first kappa shape index (κ1) is 21.5. The van der Waals surface area contributed by atoms with Gasteiger partial charge >= 0.3 is 6.01 Å². The number of amides is 1. The molecule has 164 valence electrons. The van der Waals surface area contributed by atoms with E-state index in [1.165, 1.54) is 6.92 Å². The van der Waals surface area contributed by atoms with Gasteiger partial charge in [0.1, 0.15) is 5.69 Å². The van der Waals surface area contributed by atoms with Gasteiger partial charge in [-0.3, -0.25) is 15.1 Å². The monoisotopic (exact) mass is 436 g/mol. The fraction of sp³-hybridized carbons (Fsp3) is 0.316. The van der Waals surface area contributed by atoms with Gasteiger partial charge in [0.15, 0.2) is 9.84 Å². The van der Waals surface area contributed by atoms with E-state index in [0.29, 0.717) is 22.6 Å². The number of benzene rings is 1. The third-order valence-electron chi connectivity index (χ3n) is 4.33. The number of nitrogens with zero attached hydrogens (tertiary/aromatic N) is 4. The van der Waals surface area contributed by atoms with Gasteiger partial charge in [-0.15, -0.1) is 5.10 Å². The number of aromatic nitrogens is 4. The molecular formula is C19H28N6O4S. The average Bonchev–Trinajstić information content (AvgIpc) is 3.16. The van der Waals surface area contributed by atoms with E-state index >= 15 is 0 Å². The summed E-state index contributed by atoms with van der Waals surface area (Å²) in [7, 11) is -3.36. The van der Waals surface area contributed by atoms with E-state index in [9.17, 15) is 13.2 Å². The van der Waals surface area contributed by atoms with Crippen molar-refractivity contribution in [3.63, 3.8) is 0 Å². The molecule has 3 rings (SSSR count). The summed E-state index contributed by atoms with van der Waals surface area (Å²) < 4.78 is 30.0. The standard InChI is InChI=1S/C19H22N6O4S.3H2/c1-10(2)30(27,28)14-7-5-13(6-8-14)15-9-21-12(4)16(22-15)18-24-25-19(29-18)23-17(26)11(3)20;;;/h5-11H,20H2,1-4H3,(H,23,25,26);3*1H. The lowest BCUT2D eigenvalue weighted by atomic mass is 10.1. The van der Waals surface area contributed by atoms with Crippen molar-refractivity contribution < 1.29 is 21.9 Å². The summed E-state index contributed by atoms with van der Waals surface area (Å²) in [5.74, 6) is -0.376. The van der Waals surface area contributed by atoms with Crippen LogP contribution in [0.2, 0.25) is 0 Å². The molecule has 0 aliphatic rings. The van der Waals surface area contributed by atoms with Crippen LogP contribution in [0.25, 0.3) is 22.8 Å². The average molecular weight is 437 g/mol. The number of hydrogen-bond acceptors (Lipinski definition) is 9. The van der Waals surface area contributed by atoms with Crippen molar-refractivity contribution in [2.45, 2.75) is 43.9 Å². The van der Waals surface area contributed by atoms with Crippen molar-refractivity contribution in [3.8, 4) is 22.8 Å². The van der Waals surface area contributed by atoms with Crippen molar-refractivity contribution in [2.24, 2.45) is 5.73 Å². The number of hydrogen-bond donors (Lipinski definition) is 2. The van der Waals surface area contributed by atoms with E-state index in [2.05, 4.69) is 25.5 Å². The first-order valence-electron chi connectivity index (χ1n) is 9.18. The van der Waals surface area contributed by atoms with E-state index in [1.54, 1.807) is 51.2 Å². The van der Waals surface area contributed by atoms with Crippen LogP contribution >= 0.6 is 0 Å². The number of rotatable bonds is 6. The fourth-order valence-electron chi connectivity index (χ4n) is 2.47. The highest BCUT2D eigenvalue weighted by molar-refractivity contribution is 7.92. The van der Waals surface area contributed by atoms with E-state index in [1.807, 2.05) is 0 Å². The molecule has 0 radical (unpaired) electrons. The van der Waals surface area contributed by atoms with Gasteiger partial charge in [-0.1, -0.05) is 17.2 Å². The van der Waals surface area contributed by atoms with Crippen LogP contribution in [0.1, 0.15) is 30.7 Å². The van der Waals surface area contributed by atoms with Crippen molar-refractivity contribution in [1.82, 2.24) is 20.2 Å². The smallest absolute Gasteiger partial charge is 0.322 e. The van der Waals surface area contributed by atoms with Crippen LogP contribution in [0, 0.1) is 6.92 Å². The second kappa shape index (κ2) is 8.28. The summed E-state index contributed by atoms with van der Waals surface area (Å²) in [5.41, 5.74) is 7.58. The zero-order chi connectivity index (χ0) is 22.1. The molecule has 11 heteroatoms. The molecule has 0 aliphatic heterocycles. The molecule has 1 atom stereocenters. The van der Waals surface area contributed by atoms with Crippen molar-refractivity contribution in [1.29, 1.82) is 0 Å². The van der Waals surface area contributed by atoms with Crippen LogP contribution < -0.4 is 11.1 Å². The maximum absolute atomic E-state index is 12.3. The Labute approximate surface area is 178 Å². The van der Waals surface area contributed by atoms with Gasteiger partial charge < -0.3 is 10.2 Å². The Bertz CT molecular complexity index is 1180. The van der Waals surface area contributed by atoms with Crippen LogP contribution in [-0.2, 0) is 14.6 Å². The number of aryl methyl sites for hydroxylation is 1. The van der Waals surface area contributed by atoms with E-state index < -0.39 is 27.0 Å². The van der Waals surface area contributed by atoms with Crippen molar-refractivity contribution >= 4 is 21.8 Å². The first-order valence-corrected chi connectivity index (χ1v) is 10.7. The maximum Gasteiger partial charge on any atom is 0.322 e. The number of carbonyl (C=O) groups is 1. The Hall–Kier alpha value is -3.18. The molecule has 3 aromatic rings. The lowest BCUT2D eigenvalue weighted by Gasteiger charge is -2.09. The minimum atomic E-state index is -3.36. The summed E-state index contributed by atoms with van der Waals surface area (Å²) in [4.78, 5) is 20.7. The Kier molecular flexibility index (Phi) is 5.94. The van der Waals surface area contributed by atoms with Gasteiger partial charge in [0.05, 0.1) is 33.8 Å². The number of nitrogens with two attached hydrogens (primary N) is 1. The van der Waals surface area contributed by atoms with E-state index in [-0.39, 0.29) is 21.1 Å². The van der Waals surface area contributed by atoms with Crippen LogP contribution in [0.4, 0.5) is 6.01 Å². The molecule has 10 nitrogen and oxygen atoms in total.